The van der Waals surface area contributed by atoms with Crippen molar-refractivity contribution in [3.8, 4) is 11.5 Å². The van der Waals surface area contributed by atoms with Gasteiger partial charge in [0.25, 0.3) is 0 Å². The van der Waals surface area contributed by atoms with Crippen LogP contribution in [-0.2, 0) is 0 Å². The van der Waals surface area contributed by atoms with Crippen LogP contribution in [0.15, 0.2) is 30.3 Å². The molecule has 0 unspecified atom stereocenters. The lowest BCUT2D eigenvalue weighted by Crippen LogP contribution is -2.12. The number of halogens is 2. The molecule has 1 aliphatic heterocycles. The first kappa shape index (κ1) is 15.7. The van der Waals surface area contributed by atoms with Crippen LogP contribution in [0.3, 0.4) is 0 Å². The van der Waals surface area contributed by atoms with E-state index < -0.39 is 0 Å². The molecule has 1 fully saturated rings. The van der Waals surface area contributed by atoms with Gasteiger partial charge in [-0.3, -0.25) is 0 Å². The number of fused-ring (bicyclic) bond motifs is 1. The predicted molar refractivity (Wildman–Crippen MR) is 99.1 cm³/mol. The zero-order valence-electron chi connectivity index (χ0n) is 13.0. The van der Waals surface area contributed by atoms with Gasteiger partial charge in [-0.05, 0) is 60.2 Å². The lowest BCUT2D eigenvalue weighted by atomic mass is 9.97. The van der Waals surface area contributed by atoms with Crippen molar-refractivity contribution in [1.29, 1.82) is 0 Å². The Morgan fingerprint density at radius 1 is 1.17 bits per heavy atom. The minimum absolute atomic E-state index is 0.221. The SMILES string of the molecule is Oc1ccc(OCC2CC2)c2c1C=C(c1ccc(Cl)cc1Cl)CN2. The van der Waals surface area contributed by atoms with E-state index in [-0.39, 0.29) is 5.75 Å². The Hall–Kier alpha value is -1.84. The highest BCUT2D eigenvalue weighted by molar-refractivity contribution is 6.36. The summed E-state index contributed by atoms with van der Waals surface area (Å²) in [5.74, 6) is 1.68. The second-order valence-corrected chi connectivity index (χ2v) is 7.12. The number of hydrogen-bond donors (Lipinski definition) is 2. The van der Waals surface area contributed by atoms with Crippen molar-refractivity contribution in [3.05, 3.63) is 51.5 Å². The van der Waals surface area contributed by atoms with Gasteiger partial charge in [0.15, 0.2) is 0 Å². The summed E-state index contributed by atoms with van der Waals surface area (Å²) < 4.78 is 5.92. The molecule has 2 aromatic rings. The van der Waals surface area contributed by atoms with Crippen LogP contribution in [0.2, 0.25) is 10.0 Å². The standard InChI is InChI=1S/C19H17Cl2NO2/c20-13-3-4-14(16(21)8-13)12-7-15-17(23)5-6-18(19(15)22-9-12)24-10-11-1-2-11/h3-8,11,22-23H,1-2,9-10H2. The third kappa shape index (κ3) is 3.06. The summed E-state index contributed by atoms with van der Waals surface area (Å²) >= 11 is 12.3. The Kier molecular flexibility index (Phi) is 4.07. The molecule has 0 saturated heterocycles. The largest absolute Gasteiger partial charge is 0.507 e. The maximum atomic E-state index is 10.3. The van der Waals surface area contributed by atoms with E-state index in [1.807, 2.05) is 24.3 Å². The van der Waals surface area contributed by atoms with E-state index in [2.05, 4.69) is 5.32 Å². The number of hydrogen-bond acceptors (Lipinski definition) is 3. The zero-order chi connectivity index (χ0) is 16.7. The molecule has 3 nitrogen and oxygen atoms in total. The quantitative estimate of drug-likeness (QED) is 0.760. The summed E-state index contributed by atoms with van der Waals surface area (Å²) in [6, 6.07) is 8.93. The molecule has 1 saturated carbocycles. The second-order valence-electron chi connectivity index (χ2n) is 6.27. The van der Waals surface area contributed by atoms with E-state index in [9.17, 15) is 5.11 Å². The Morgan fingerprint density at radius 3 is 2.75 bits per heavy atom. The van der Waals surface area contributed by atoms with E-state index in [0.717, 1.165) is 34.7 Å². The van der Waals surface area contributed by atoms with Crippen molar-refractivity contribution in [3.63, 3.8) is 0 Å². The van der Waals surface area contributed by atoms with E-state index in [1.54, 1.807) is 12.1 Å². The van der Waals surface area contributed by atoms with Gasteiger partial charge in [0.2, 0.25) is 0 Å². The number of ether oxygens (including phenoxy) is 1. The van der Waals surface area contributed by atoms with Crippen molar-refractivity contribution in [2.24, 2.45) is 5.92 Å². The summed E-state index contributed by atoms with van der Waals surface area (Å²) in [4.78, 5) is 0. The Labute approximate surface area is 150 Å². The van der Waals surface area contributed by atoms with Crippen LogP contribution in [0, 0.1) is 5.92 Å². The Balaban J connectivity index is 1.70. The van der Waals surface area contributed by atoms with E-state index >= 15 is 0 Å². The van der Waals surface area contributed by atoms with Crippen molar-refractivity contribution in [2.45, 2.75) is 12.8 Å². The number of anilines is 1. The third-order valence-corrected chi connectivity index (χ3v) is 4.95. The highest BCUT2D eigenvalue weighted by Crippen LogP contribution is 2.42. The van der Waals surface area contributed by atoms with Crippen molar-refractivity contribution >= 4 is 40.5 Å². The van der Waals surface area contributed by atoms with Crippen LogP contribution in [0.1, 0.15) is 24.0 Å². The fourth-order valence-electron chi connectivity index (χ4n) is 2.86. The van der Waals surface area contributed by atoms with Gasteiger partial charge >= 0.3 is 0 Å². The topological polar surface area (TPSA) is 41.5 Å². The minimum Gasteiger partial charge on any atom is -0.507 e. The number of benzene rings is 2. The van der Waals surface area contributed by atoms with Gasteiger partial charge in [-0.2, -0.15) is 0 Å². The van der Waals surface area contributed by atoms with Crippen LogP contribution in [-0.4, -0.2) is 18.3 Å². The first-order chi connectivity index (χ1) is 11.6. The Bertz CT molecular complexity index is 828. The molecular weight excluding hydrogens is 345 g/mol. The number of phenols is 1. The molecule has 0 aromatic heterocycles. The summed E-state index contributed by atoms with van der Waals surface area (Å²) in [6.45, 7) is 1.34. The molecule has 0 amide bonds. The van der Waals surface area contributed by atoms with Crippen LogP contribution >= 0.6 is 23.2 Å². The lowest BCUT2D eigenvalue weighted by Gasteiger charge is -2.23. The molecule has 24 heavy (non-hydrogen) atoms. The number of rotatable bonds is 4. The monoisotopic (exact) mass is 361 g/mol. The van der Waals surface area contributed by atoms with Crippen molar-refractivity contribution in [2.75, 3.05) is 18.5 Å². The van der Waals surface area contributed by atoms with E-state index in [4.69, 9.17) is 27.9 Å². The summed E-state index contributed by atoms with van der Waals surface area (Å²) in [5, 5.41) is 14.8. The first-order valence-electron chi connectivity index (χ1n) is 8.00. The molecule has 0 radical (unpaired) electrons. The van der Waals surface area contributed by atoms with E-state index in [0.29, 0.717) is 22.5 Å². The second kappa shape index (κ2) is 6.23. The maximum Gasteiger partial charge on any atom is 0.143 e. The number of aromatic hydroxyl groups is 1. The smallest absolute Gasteiger partial charge is 0.143 e. The van der Waals surface area contributed by atoms with Gasteiger partial charge in [0.05, 0.1) is 12.3 Å². The predicted octanol–water partition coefficient (Wildman–Crippen LogP) is 5.45. The average Bonchev–Trinajstić information content (AvgIpc) is 3.39. The molecule has 1 heterocycles. The zero-order valence-corrected chi connectivity index (χ0v) is 14.5. The molecule has 5 heteroatoms. The molecule has 1 aliphatic carbocycles. The highest BCUT2D eigenvalue weighted by atomic mass is 35.5. The number of nitrogens with one attached hydrogen (secondary N) is 1. The van der Waals surface area contributed by atoms with Crippen LogP contribution < -0.4 is 10.1 Å². The van der Waals surface area contributed by atoms with Gasteiger partial charge in [0.1, 0.15) is 11.5 Å². The first-order valence-corrected chi connectivity index (χ1v) is 8.76. The molecule has 0 atom stereocenters. The van der Waals surface area contributed by atoms with Gasteiger partial charge < -0.3 is 15.2 Å². The third-order valence-electron chi connectivity index (χ3n) is 4.41. The summed E-state index contributed by atoms with van der Waals surface area (Å²) in [6.07, 6.45) is 4.44. The number of phenolic OH excluding ortho intramolecular Hbond substituents is 1. The normalized spacial score (nSPS) is 16.2. The minimum atomic E-state index is 0.221. The fraction of sp³-hybridized carbons (Fsp3) is 0.263. The molecule has 0 spiro atoms. The van der Waals surface area contributed by atoms with Crippen LogP contribution in [0.25, 0.3) is 11.6 Å². The Morgan fingerprint density at radius 2 is 2.00 bits per heavy atom. The molecule has 124 valence electrons. The van der Waals surface area contributed by atoms with Crippen LogP contribution in [0.5, 0.6) is 11.5 Å². The fourth-order valence-corrected chi connectivity index (χ4v) is 3.39. The van der Waals surface area contributed by atoms with Gasteiger partial charge in [-0.25, -0.2) is 0 Å². The molecular formula is C19H17Cl2NO2. The molecule has 4 rings (SSSR count). The van der Waals surface area contributed by atoms with Gasteiger partial charge in [-0.1, -0.05) is 29.3 Å². The van der Waals surface area contributed by atoms with E-state index in [1.165, 1.54) is 12.8 Å². The van der Waals surface area contributed by atoms with Crippen LogP contribution in [0.4, 0.5) is 5.69 Å². The molecule has 2 N–H and O–H groups in total. The highest BCUT2D eigenvalue weighted by Gasteiger charge is 2.24. The van der Waals surface area contributed by atoms with Crippen molar-refractivity contribution < 1.29 is 9.84 Å². The summed E-state index contributed by atoms with van der Waals surface area (Å²) in [7, 11) is 0. The van der Waals surface area contributed by atoms with Crippen molar-refractivity contribution in [1.82, 2.24) is 0 Å². The van der Waals surface area contributed by atoms with Gasteiger partial charge in [-0.15, -0.1) is 0 Å². The van der Waals surface area contributed by atoms with Gasteiger partial charge in [0, 0.05) is 22.2 Å². The molecule has 2 aromatic carbocycles. The lowest BCUT2D eigenvalue weighted by molar-refractivity contribution is 0.300. The molecule has 0 bridgehead atoms. The maximum absolute atomic E-state index is 10.3. The average molecular weight is 362 g/mol. The summed E-state index contributed by atoms with van der Waals surface area (Å²) in [5.41, 5.74) is 3.47. The molecule has 2 aliphatic rings.